The van der Waals surface area contributed by atoms with Crippen molar-refractivity contribution in [1.29, 1.82) is 0 Å². The maximum Gasteiger partial charge on any atom is 0.265 e. The Morgan fingerprint density at radius 1 is 1.64 bits per heavy atom. The third kappa shape index (κ3) is 3.03. The lowest BCUT2D eigenvalue weighted by atomic mass is 9.91. The normalized spacial score (nSPS) is 25.0. The molecular formula is C11H19N8O2P. The molecule has 0 aliphatic carbocycles. The number of fused-ring (bicyclic) bond motifs is 1. The molecule has 0 amide bonds. The van der Waals surface area contributed by atoms with Crippen LogP contribution in [0.15, 0.2) is 12.4 Å². The molecule has 0 saturated carbocycles. The Morgan fingerprint density at radius 2 is 2.45 bits per heavy atom. The number of hydrogen-bond acceptors (Lipinski definition) is 6. The number of hydrogen-bond donors (Lipinski definition) is 4. The van der Waals surface area contributed by atoms with Crippen LogP contribution in [0.4, 0.5) is 5.95 Å². The van der Waals surface area contributed by atoms with Gasteiger partial charge in [0.15, 0.2) is 5.82 Å². The minimum absolute atomic E-state index is 0.0946. The molecule has 0 bridgehead atoms. The number of rotatable bonds is 5. The molecule has 3 rings (SSSR count). The monoisotopic (exact) mass is 326 g/mol. The molecule has 2 aromatic rings. The van der Waals surface area contributed by atoms with Crippen molar-refractivity contribution in [3.63, 3.8) is 0 Å². The third-order valence-corrected chi connectivity index (χ3v) is 4.93. The van der Waals surface area contributed by atoms with E-state index in [1.165, 1.54) is 0 Å². The van der Waals surface area contributed by atoms with Gasteiger partial charge in [0.25, 0.3) is 7.52 Å². The summed E-state index contributed by atoms with van der Waals surface area (Å²) in [6.07, 6.45) is 5.14. The molecule has 0 saturated heterocycles. The van der Waals surface area contributed by atoms with Crippen LogP contribution >= 0.6 is 7.52 Å². The fourth-order valence-electron chi connectivity index (χ4n) is 2.96. The molecule has 4 atom stereocenters. The zero-order chi connectivity index (χ0) is 15.7. The van der Waals surface area contributed by atoms with Crippen molar-refractivity contribution in [2.75, 3.05) is 11.5 Å². The molecule has 0 fully saturated rings. The van der Waals surface area contributed by atoms with E-state index in [9.17, 15) is 9.46 Å². The van der Waals surface area contributed by atoms with Crippen molar-refractivity contribution in [1.82, 2.24) is 30.2 Å². The van der Waals surface area contributed by atoms with E-state index < -0.39 is 7.52 Å². The zero-order valence-corrected chi connectivity index (χ0v) is 13.0. The maximum absolute atomic E-state index is 11.8. The number of aromatic amines is 1. The summed E-state index contributed by atoms with van der Waals surface area (Å²) in [5, 5.41) is 17.1. The number of aromatic nitrogens is 6. The Morgan fingerprint density at radius 3 is 3.09 bits per heavy atom. The minimum Gasteiger partial charge on any atom is -0.353 e. The highest BCUT2D eigenvalue weighted by molar-refractivity contribution is 7.55. The van der Waals surface area contributed by atoms with Gasteiger partial charge in [0, 0.05) is 24.5 Å². The van der Waals surface area contributed by atoms with Crippen LogP contribution in [0.25, 0.3) is 0 Å². The molecule has 11 heteroatoms. The molecule has 3 heterocycles. The van der Waals surface area contributed by atoms with E-state index in [0.717, 1.165) is 18.8 Å². The molecule has 1 aliphatic heterocycles. The third-order valence-electron chi connectivity index (χ3n) is 4.01. The van der Waals surface area contributed by atoms with Gasteiger partial charge in [0.2, 0.25) is 5.95 Å². The van der Waals surface area contributed by atoms with Gasteiger partial charge in [0.05, 0.1) is 12.1 Å². The molecule has 4 unspecified atom stereocenters. The molecule has 2 aromatic heterocycles. The SMILES string of the molecule is CCC1CC(C(CP(N)(=O)O)c2nnn[nH]2)n2ccnc2N1. The van der Waals surface area contributed by atoms with E-state index in [2.05, 4.69) is 37.8 Å². The molecule has 0 spiro atoms. The molecule has 0 radical (unpaired) electrons. The van der Waals surface area contributed by atoms with Gasteiger partial charge >= 0.3 is 0 Å². The fraction of sp³-hybridized carbons (Fsp3) is 0.636. The van der Waals surface area contributed by atoms with Gasteiger partial charge in [-0.25, -0.2) is 10.1 Å². The summed E-state index contributed by atoms with van der Waals surface area (Å²) in [5.41, 5.74) is 5.40. The first-order valence-corrected chi connectivity index (χ1v) is 9.02. The van der Waals surface area contributed by atoms with Crippen molar-refractivity contribution in [3.05, 3.63) is 18.2 Å². The standard InChI is InChI=1S/C11H19N8O2P/c1-2-7-5-9(19-4-3-13-11(19)14-7)8(6-22(12,20)21)10-15-17-18-16-10/h3-4,7-9H,2,5-6H2,1H3,(H,13,14)(H3,12,20,21)(H,15,16,17,18). The van der Waals surface area contributed by atoms with Crippen molar-refractivity contribution >= 4 is 13.5 Å². The molecule has 10 nitrogen and oxygen atoms in total. The van der Waals surface area contributed by atoms with E-state index in [1.807, 2.05) is 10.8 Å². The Hall–Kier alpha value is -1.77. The minimum atomic E-state index is -3.72. The van der Waals surface area contributed by atoms with Crippen LogP contribution in [-0.4, -0.2) is 47.3 Å². The Bertz CT molecular complexity index is 665. The fourth-order valence-corrected chi connectivity index (χ4v) is 3.94. The van der Waals surface area contributed by atoms with Crippen LogP contribution in [0.5, 0.6) is 0 Å². The summed E-state index contributed by atoms with van der Waals surface area (Å²) in [5.74, 6) is 0.812. The second-order valence-corrected chi connectivity index (χ2v) is 7.42. The number of anilines is 1. The van der Waals surface area contributed by atoms with Crippen LogP contribution in [0.3, 0.4) is 0 Å². The molecule has 5 N–H and O–H groups in total. The maximum atomic E-state index is 11.8. The summed E-state index contributed by atoms with van der Waals surface area (Å²) in [7, 11) is -3.72. The highest BCUT2D eigenvalue weighted by Gasteiger charge is 2.37. The van der Waals surface area contributed by atoms with Crippen molar-refractivity contribution in [2.24, 2.45) is 5.50 Å². The molecule has 22 heavy (non-hydrogen) atoms. The Labute approximate surface area is 127 Å². The van der Waals surface area contributed by atoms with Crippen LogP contribution in [0.1, 0.15) is 37.5 Å². The first-order valence-electron chi connectivity index (χ1n) is 7.11. The topological polar surface area (TPSA) is 148 Å². The van der Waals surface area contributed by atoms with Gasteiger partial charge in [-0.15, -0.1) is 5.10 Å². The second-order valence-electron chi connectivity index (χ2n) is 5.54. The largest absolute Gasteiger partial charge is 0.353 e. The lowest BCUT2D eigenvalue weighted by Crippen LogP contribution is -2.35. The van der Waals surface area contributed by atoms with Crippen molar-refractivity contribution in [3.8, 4) is 0 Å². The summed E-state index contributed by atoms with van der Waals surface area (Å²) >= 11 is 0. The molecular weight excluding hydrogens is 307 g/mol. The average molecular weight is 326 g/mol. The van der Waals surface area contributed by atoms with E-state index in [0.29, 0.717) is 5.82 Å². The lowest BCUT2D eigenvalue weighted by Gasteiger charge is -2.36. The van der Waals surface area contributed by atoms with E-state index >= 15 is 0 Å². The Kier molecular flexibility index (Phi) is 3.98. The number of tetrazole rings is 1. The number of nitrogens with one attached hydrogen (secondary N) is 2. The quantitative estimate of drug-likeness (QED) is 0.579. The highest BCUT2D eigenvalue weighted by atomic mass is 31.2. The number of imidazole rings is 1. The highest BCUT2D eigenvalue weighted by Crippen LogP contribution is 2.44. The van der Waals surface area contributed by atoms with Crippen LogP contribution in [0, 0.1) is 0 Å². The zero-order valence-electron chi connectivity index (χ0n) is 12.1. The smallest absolute Gasteiger partial charge is 0.265 e. The molecule has 1 aliphatic rings. The van der Waals surface area contributed by atoms with Gasteiger partial charge in [-0.2, -0.15) is 0 Å². The van der Waals surface area contributed by atoms with Gasteiger partial charge in [-0.05, 0) is 23.3 Å². The summed E-state index contributed by atoms with van der Waals surface area (Å²) in [4.78, 5) is 13.9. The second kappa shape index (κ2) is 5.79. The molecule has 120 valence electrons. The van der Waals surface area contributed by atoms with Crippen molar-refractivity contribution < 1.29 is 9.46 Å². The lowest BCUT2D eigenvalue weighted by molar-refractivity contribution is 0.342. The predicted octanol–water partition coefficient (Wildman–Crippen LogP) is 0.459. The first-order chi connectivity index (χ1) is 10.5. The van der Waals surface area contributed by atoms with E-state index in [-0.39, 0.29) is 24.2 Å². The number of nitrogens with zero attached hydrogens (tertiary/aromatic N) is 5. The van der Waals surface area contributed by atoms with Crippen LogP contribution in [0.2, 0.25) is 0 Å². The Balaban J connectivity index is 1.99. The number of H-pyrrole nitrogens is 1. The predicted molar refractivity (Wildman–Crippen MR) is 79.4 cm³/mol. The average Bonchev–Trinajstić information content (AvgIpc) is 3.13. The summed E-state index contributed by atoms with van der Waals surface area (Å²) in [6.45, 7) is 2.08. The van der Waals surface area contributed by atoms with E-state index in [4.69, 9.17) is 5.50 Å². The van der Waals surface area contributed by atoms with Gasteiger partial charge in [-0.1, -0.05) is 6.92 Å². The van der Waals surface area contributed by atoms with Crippen LogP contribution in [-0.2, 0) is 4.57 Å². The summed E-state index contributed by atoms with van der Waals surface area (Å²) < 4.78 is 13.7. The molecule has 0 aromatic carbocycles. The number of nitrogens with two attached hydrogens (primary N) is 1. The van der Waals surface area contributed by atoms with Crippen molar-refractivity contribution in [2.45, 2.75) is 37.8 Å². The van der Waals surface area contributed by atoms with Gasteiger partial charge in [-0.3, -0.25) is 10.1 Å². The van der Waals surface area contributed by atoms with Gasteiger partial charge in [0.1, 0.15) is 0 Å². The van der Waals surface area contributed by atoms with Crippen LogP contribution < -0.4 is 10.8 Å². The first kappa shape index (κ1) is 15.1. The van der Waals surface area contributed by atoms with E-state index in [1.54, 1.807) is 6.20 Å². The summed E-state index contributed by atoms with van der Waals surface area (Å²) in [6, 6.07) is 0.136. The van der Waals surface area contributed by atoms with Gasteiger partial charge < -0.3 is 14.8 Å².